The summed E-state index contributed by atoms with van der Waals surface area (Å²) in [6.45, 7) is 0.375. The van der Waals surface area contributed by atoms with E-state index in [9.17, 15) is 13.5 Å². The number of aliphatic hydroxyl groups excluding tert-OH is 2. The SMILES string of the molecule is COCC(CCO)NC1CS(=O)(=O)CC1O. The summed E-state index contributed by atoms with van der Waals surface area (Å²) >= 11 is 0. The summed E-state index contributed by atoms with van der Waals surface area (Å²) in [5.74, 6) is -0.247. The molecule has 96 valence electrons. The lowest BCUT2D eigenvalue weighted by atomic mass is 10.1. The van der Waals surface area contributed by atoms with Gasteiger partial charge in [-0.25, -0.2) is 8.42 Å². The third-order valence-corrected chi connectivity index (χ3v) is 4.33. The summed E-state index contributed by atoms with van der Waals surface area (Å²) in [5, 5.41) is 21.4. The molecule has 1 saturated heterocycles. The van der Waals surface area contributed by atoms with E-state index in [1.54, 1.807) is 0 Å². The molecule has 0 amide bonds. The molecule has 7 heteroatoms. The molecule has 1 fully saturated rings. The van der Waals surface area contributed by atoms with E-state index in [-0.39, 0.29) is 24.2 Å². The van der Waals surface area contributed by atoms with Gasteiger partial charge in [-0.15, -0.1) is 0 Å². The number of nitrogens with one attached hydrogen (secondary N) is 1. The predicted octanol–water partition coefficient (Wildman–Crippen LogP) is -1.87. The van der Waals surface area contributed by atoms with Crippen LogP contribution in [-0.2, 0) is 14.6 Å². The van der Waals surface area contributed by atoms with Crippen LogP contribution in [-0.4, -0.2) is 68.6 Å². The second-order valence-electron chi connectivity index (χ2n) is 4.08. The molecule has 0 aromatic carbocycles. The number of hydrogen-bond donors (Lipinski definition) is 3. The zero-order chi connectivity index (χ0) is 12.2. The number of sulfone groups is 1. The van der Waals surface area contributed by atoms with Gasteiger partial charge in [-0.05, 0) is 6.42 Å². The van der Waals surface area contributed by atoms with Crippen LogP contribution in [0.1, 0.15) is 6.42 Å². The smallest absolute Gasteiger partial charge is 0.154 e. The van der Waals surface area contributed by atoms with Crippen molar-refractivity contribution in [1.82, 2.24) is 5.32 Å². The van der Waals surface area contributed by atoms with Crippen LogP contribution in [0.2, 0.25) is 0 Å². The average molecular weight is 253 g/mol. The van der Waals surface area contributed by atoms with E-state index in [2.05, 4.69) is 5.32 Å². The fourth-order valence-electron chi connectivity index (χ4n) is 1.86. The maximum atomic E-state index is 11.3. The van der Waals surface area contributed by atoms with Crippen molar-refractivity contribution in [1.29, 1.82) is 0 Å². The Labute approximate surface area is 95.5 Å². The van der Waals surface area contributed by atoms with Crippen molar-refractivity contribution in [2.75, 3.05) is 31.8 Å². The van der Waals surface area contributed by atoms with Crippen LogP contribution in [0.25, 0.3) is 0 Å². The summed E-state index contributed by atoms with van der Waals surface area (Å²) in [6, 6.07) is -0.598. The molecule has 0 aromatic rings. The van der Waals surface area contributed by atoms with Crippen molar-refractivity contribution < 1.29 is 23.4 Å². The zero-order valence-electron chi connectivity index (χ0n) is 9.30. The number of ether oxygens (including phenoxy) is 1. The Balaban J connectivity index is 2.51. The minimum atomic E-state index is -3.14. The number of rotatable bonds is 6. The van der Waals surface area contributed by atoms with Crippen molar-refractivity contribution >= 4 is 9.84 Å². The summed E-state index contributed by atoms with van der Waals surface area (Å²) in [5.41, 5.74) is 0. The van der Waals surface area contributed by atoms with E-state index >= 15 is 0 Å². The molecule has 1 heterocycles. The van der Waals surface area contributed by atoms with E-state index in [0.29, 0.717) is 13.0 Å². The molecule has 0 saturated carbocycles. The van der Waals surface area contributed by atoms with Gasteiger partial charge < -0.3 is 20.3 Å². The van der Waals surface area contributed by atoms with Gasteiger partial charge in [0.05, 0.1) is 24.2 Å². The molecule has 0 aliphatic carbocycles. The molecular formula is C9H19NO5S. The van der Waals surface area contributed by atoms with Crippen molar-refractivity contribution in [2.24, 2.45) is 0 Å². The first kappa shape index (κ1) is 13.9. The fourth-order valence-corrected chi connectivity index (χ4v) is 3.62. The van der Waals surface area contributed by atoms with E-state index in [1.165, 1.54) is 7.11 Å². The van der Waals surface area contributed by atoms with Gasteiger partial charge in [0.15, 0.2) is 9.84 Å². The molecule has 3 atom stereocenters. The Morgan fingerprint density at radius 3 is 2.62 bits per heavy atom. The summed E-state index contributed by atoms with van der Waals surface area (Å²) < 4.78 is 27.5. The molecule has 0 bridgehead atoms. The van der Waals surface area contributed by atoms with Gasteiger partial charge in [0.2, 0.25) is 0 Å². The molecule has 0 radical (unpaired) electrons. The molecule has 0 spiro atoms. The van der Waals surface area contributed by atoms with Crippen LogP contribution in [0.3, 0.4) is 0 Å². The van der Waals surface area contributed by atoms with Gasteiger partial charge in [0, 0.05) is 25.8 Å². The van der Waals surface area contributed by atoms with Crippen molar-refractivity contribution in [3.63, 3.8) is 0 Å². The fraction of sp³-hybridized carbons (Fsp3) is 1.00. The molecule has 1 aliphatic heterocycles. The summed E-state index contributed by atoms with van der Waals surface area (Å²) in [7, 11) is -1.60. The Kier molecular flexibility index (Phi) is 5.13. The molecule has 1 rings (SSSR count). The second-order valence-corrected chi connectivity index (χ2v) is 6.24. The third-order valence-electron chi connectivity index (χ3n) is 2.62. The summed E-state index contributed by atoms with van der Waals surface area (Å²) in [6.07, 6.45) is -0.403. The quantitative estimate of drug-likeness (QED) is 0.513. The average Bonchev–Trinajstić information content (AvgIpc) is 2.40. The van der Waals surface area contributed by atoms with Gasteiger partial charge in [-0.3, -0.25) is 0 Å². The number of aliphatic hydroxyl groups is 2. The lowest BCUT2D eigenvalue weighted by Crippen LogP contribution is -2.47. The highest BCUT2D eigenvalue weighted by Gasteiger charge is 2.37. The molecular weight excluding hydrogens is 234 g/mol. The lowest BCUT2D eigenvalue weighted by molar-refractivity contribution is 0.116. The highest BCUT2D eigenvalue weighted by Crippen LogP contribution is 2.13. The molecule has 16 heavy (non-hydrogen) atoms. The second kappa shape index (κ2) is 5.92. The minimum Gasteiger partial charge on any atom is -0.396 e. The van der Waals surface area contributed by atoms with Crippen LogP contribution in [0, 0.1) is 0 Å². The Morgan fingerprint density at radius 1 is 1.50 bits per heavy atom. The molecule has 0 aromatic heterocycles. The van der Waals surface area contributed by atoms with Crippen LogP contribution in [0.15, 0.2) is 0 Å². The van der Waals surface area contributed by atoms with E-state index in [1.807, 2.05) is 0 Å². The number of methoxy groups -OCH3 is 1. The van der Waals surface area contributed by atoms with Crippen molar-refractivity contribution in [3.05, 3.63) is 0 Å². The zero-order valence-corrected chi connectivity index (χ0v) is 10.1. The first-order valence-electron chi connectivity index (χ1n) is 5.23. The van der Waals surface area contributed by atoms with Gasteiger partial charge in [-0.2, -0.15) is 0 Å². The molecule has 1 aliphatic rings. The predicted molar refractivity (Wildman–Crippen MR) is 59.0 cm³/mol. The Morgan fingerprint density at radius 2 is 2.19 bits per heavy atom. The van der Waals surface area contributed by atoms with Gasteiger partial charge in [0.1, 0.15) is 0 Å². The monoisotopic (exact) mass is 253 g/mol. The largest absolute Gasteiger partial charge is 0.396 e. The molecule has 3 N–H and O–H groups in total. The maximum absolute atomic E-state index is 11.3. The van der Waals surface area contributed by atoms with E-state index in [0.717, 1.165) is 0 Å². The summed E-state index contributed by atoms with van der Waals surface area (Å²) in [4.78, 5) is 0. The standard InChI is InChI=1S/C9H19NO5S/c1-15-4-7(2-3-11)10-8-5-16(13,14)6-9(8)12/h7-12H,2-6H2,1H3. The molecule has 6 nitrogen and oxygen atoms in total. The normalized spacial score (nSPS) is 30.4. The highest BCUT2D eigenvalue weighted by atomic mass is 32.2. The Bertz CT molecular complexity index is 299. The molecule has 3 unspecified atom stereocenters. The van der Waals surface area contributed by atoms with Crippen LogP contribution in [0.5, 0.6) is 0 Å². The van der Waals surface area contributed by atoms with Crippen molar-refractivity contribution in [2.45, 2.75) is 24.6 Å². The topological polar surface area (TPSA) is 95.9 Å². The van der Waals surface area contributed by atoms with Gasteiger partial charge in [0.25, 0.3) is 0 Å². The van der Waals surface area contributed by atoms with Crippen LogP contribution >= 0.6 is 0 Å². The maximum Gasteiger partial charge on any atom is 0.154 e. The van der Waals surface area contributed by atoms with E-state index < -0.39 is 22.0 Å². The lowest BCUT2D eigenvalue weighted by Gasteiger charge is -2.22. The van der Waals surface area contributed by atoms with Crippen molar-refractivity contribution in [3.8, 4) is 0 Å². The van der Waals surface area contributed by atoms with E-state index in [4.69, 9.17) is 9.84 Å². The first-order chi connectivity index (χ1) is 7.48. The van der Waals surface area contributed by atoms with Crippen LogP contribution < -0.4 is 5.32 Å². The highest BCUT2D eigenvalue weighted by molar-refractivity contribution is 7.91. The van der Waals surface area contributed by atoms with Crippen LogP contribution in [0.4, 0.5) is 0 Å². The minimum absolute atomic E-state index is 0.00338. The van der Waals surface area contributed by atoms with Gasteiger partial charge >= 0.3 is 0 Å². The third kappa shape index (κ3) is 3.99. The van der Waals surface area contributed by atoms with Gasteiger partial charge in [-0.1, -0.05) is 0 Å². The first-order valence-corrected chi connectivity index (χ1v) is 7.05. The Hall–Kier alpha value is -0.210. The number of hydrogen-bond acceptors (Lipinski definition) is 6.